The van der Waals surface area contributed by atoms with E-state index < -0.39 is 0 Å². The Morgan fingerprint density at radius 3 is 2.81 bits per heavy atom. The monoisotopic (exact) mass is 379 g/mol. The first kappa shape index (κ1) is 21.0. The molecular formula is C19H30FN5O2. The molecule has 1 aromatic carbocycles. The first-order valence-corrected chi connectivity index (χ1v) is 9.44. The van der Waals surface area contributed by atoms with E-state index in [9.17, 15) is 9.18 Å². The van der Waals surface area contributed by atoms with Crippen molar-refractivity contribution in [1.29, 1.82) is 0 Å². The number of primary amides is 1. The largest absolute Gasteiger partial charge is 0.489 e. The Morgan fingerprint density at radius 1 is 1.44 bits per heavy atom. The number of hydrogen-bond acceptors (Lipinski definition) is 4. The van der Waals surface area contributed by atoms with E-state index in [0.717, 1.165) is 38.4 Å². The highest BCUT2D eigenvalue weighted by Gasteiger charge is 2.20. The lowest BCUT2D eigenvalue weighted by atomic mass is 10.1. The molecule has 0 spiro atoms. The third kappa shape index (κ3) is 7.82. The van der Waals surface area contributed by atoms with Crippen LogP contribution in [0.5, 0.6) is 5.75 Å². The number of guanidine groups is 1. The smallest absolute Gasteiger partial charge is 0.231 e. The molecule has 0 bridgehead atoms. The lowest BCUT2D eigenvalue weighted by Crippen LogP contribution is -2.50. The Hall–Kier alpha value is -2.35. The standard InChI is InChI=1S/C19H30FN5O2/c1-3-22-19(24-16-7-9-25(10-8-16)13-18(21)26)23-12-14(2)27-17-6-4-5-15(20)11-17/h4-6,11,14,16H,3,7-10,12-13H2,1-2H3,(H2,21,26)(H2,22,23,24). The van der Waals surface area contributed by atoms with Crippen molar-refractivity contribution >= 4 is 11.9 Å². The lowest BCUT2D eigenvalue weighted by molar-refractivity contribution is -0.119. The first-order chi connectivity index (χ1) is 13.0. The Bertz CT molecular complexity index is 632. The number of rotatable bonds is 8. The zero-order chi connectivity index (χ0) is 19.6. The molecule has 27 heavy (non-hydrogen) atoms. The van der Waals surface area contributed by atoms with Crippen LogP contribution in [0.3, 0.4) is 0 Å². The molecule has 1 fully saturated rings. The van der Waals surface area contributed by atoms with Gasteiger partial charge in [-0.25, -0.2) is 9.38 Å². The minimum absolute atomic E-state index is 0.181. The molecule has 1 saturated heterocycles. The van der Waals surface area contributed by atoms with Gasteiger partial charge in [0.2, 0.25) is 5.91 Å². The SMILES string of the molecule is CCNC(=NCC(C)Oc1cccc(F)c1)NC1CCN(CC(N)=O)CC1. The Balaban J connectivity index is 1.82. The van der Waals surface area contributed by atoms with E-state index in [2.05, 4.69) is 20.5 Å². The molecule has 1 aromatic rings. The van der Waals surface area contributed by atoms with Gasteiger partial charge in [-0.2, -0.15) is 0 Å². The highest BCUT2D eigenvalue weighted by Crippen LogP contribution is 2.14. The summed E-state index contributed by atoms with van der Waals surface area (Å²) in [5.41, 5.74) is 5.25. The van der Waals surface area contributed by atoms with Crippen molar-refractivity contribution in [3.63, 3.8) is 0 Å². The van der Waals surface area contributed by atoms with Gasteiger partial charge in [-0.15, -0.1) is 0 Å². The minimum Gasteiger partial charge on any atom is -0.489 e. The van der Waals surface area contributed by atoms with Gasteiger partial charge in [-0.05, 0) is 38.8 Å². The Morgan fingerprint density at radius 2 is 2.19 bits per heavy atom. The van der Waals surface area contributed by atoms with Crippen molar-refractivity contribution < 1.29 is 13.9 Å². The lowest BCUT2D eigenvalue weighted by Gasteiger charge is -2.32. The highest BCUT2D eigenvalue weighted by molar-refractivity contribution is 5.80. The number of hydrogen-bond donors (Lipinski definition) is 3. The molecule has 1 atom stereocenters. The molecule has 8 heteroatoms. The van der Waals surface area contributed by atoms with Gasteiger partial charge in [-0.1, -0.05) is 6.07 Å². The van der Waals surface area contributed by atoms with Crippen molar-refractivity contribution in [2.75, 3.05) is 32.7 Å². The van der Waals surface area contributed by atoms with E-state index in [0.29, 0.717) is 24.9 Å². The highest BCUT2D eigenvalue weighted by atomic mass is 19.1. The number of piperidine rings is 1. The fourth-order valence-electron chi connectivity index (χ4n) is 3.00. The Kier molecular flexibility index (Phi) is 8.32. The van der Waals surface area contributed by atoms with Crippen LogP contribution < -0.4 is 21.1 Å². The van der Waals surface area contributed by atoms with Gasteiger partial charge in [0.15, 0.2) is 5.96 Å². The van der Waals surface area contributed by atoms with Crippen molar-refractivity contribution in [2.45, 2.75) is 38.8 Å². The molecule has 1 heterocycles. The number of aliphatic imine (C=N–C) groups is 1. The molecule has 4 N–H and O–H groups in total. The second-order valence-corrected chi connectivity index (χ2v) is 6.77. The van der Waals surface area contributed by atoms with E-state index >= 15 is 0 Å². The van der Waals surface area contributed by atoms with Crippen LogP contribution in [0.2, 0.25) is 0 Å². The second-order valence-electron chi connectivity index (χ2n) is 6.77. The van der Waals surface area contributed by atoms with Crippen molar-refractivity contribution in [3.8, 4) is 5.75 Å². The molecule has 1 aliphatic heterocycles. The predicted molar refractivity (Wildman–Crippen MR) is 104 cm³/mol. The molecule has 1 unspecified atom stereocenters. The number of carbonyl (C=O) groups is 1. The van der Waals surface area contributed by atoms with Crippen molar-refractivity contribution in [3.05, 3.63) is 30.1 Å². The van der Waals surface area contributed by atoms with Crippen LogP contribution >= 0.6 is 0 Å². The fourth-order valence-corrected chi connectivity index (χ4v) is 3.00. The van der Waals surface area contributed by atoms with E-state index in [-0.39, 0.29) is 17.8 Å². The van der Waals surface area contributed by atoms with Gasteiger partial charge >= 0.3 is 0 Å². The number of nitrogens with one attached hydrogen (secondary N) is 2. The third-order valence-electron chi connectivity index (χ3n) is 4.29. The summed E-state index contributed by atoms with van der Waals surface area (Å²) in [6, 6.07) is 6.40. The van der Waals surface area contributed by atoms with Crippen LogP contribution in [0.25, 0.3) is 0 Å². The van der Waals surface area contributed by atoms with Crippen LogP contribution in [0.4, 0.5) is 4.39 Å². The van der Waals surface area contributed by atoms with Crippen LogP contribution in [-0.4, -0.2) is 61.6 Å². The maximum Gasteiger partial charge on any atom is 0.231 e. The number of carbonyl (C=O) groups excluding carboxylic acids is 1. The molecule has 0 aromatic heterocycles. The van der Waals surface area contributed by atoms with E-state index in [1.807, 2.05) is 13.8 Å². The minimum atomic E-state index is -0.319. The topological polar surface area (TPSA) is 92.0 Å². The molecule has 0 saturated carbocycles. The maximum absolute atomic E-state index is 13.2. The van der Waals surface area contributed by atoms with Crippen LogP contribution in [0.15, 0.2) is 29.3 Å². The second kappa shape index (κ2) is 10.7. The molecule has 1 aliphatic rings. The average Bonchev–Trinajstić information content (AvgIpc) is 2.61. The summed E-state index contributed by atoms with van der Waals surface area (Å²) in [7, 11) is 0. The predicted octanol–water partition coefficient (Wildman–Crippen LogP) is 1.10. The normalized spacial score (nSPS) is 17.4. The molecule has 7 nitrogen and oxygen atoms in total. The van der Waals surface area contributed by atoms with Crippen LogP contribution in [-0.2, 0) is 4.79 Å². The Labute approximate surface area is 160 Å². The summed E-state index contributed by atoms with van der Waals surface area (Å²) < 4.78 is 18.9. The summed E-state index contributed by atoms with van der Waals surface area (Å²) in [5.74, 6) is 0.627. The van der Waals surface area contributed by atoms with Crippen LogP contribution in [0, 0.1) is 5.82 Å². The van der Waals surface area contributed by atoms with Crippen molar-refractivity contribution in [2.24, 2.45) is 10.7 Å². The summed E-state index contributed by atoms with van der Waals surface area (Å²) in [4.78, 5) is 17.7. The zero-order valence-corrected chi connectivity index (χ0v) is 16.1. The number of halogens is 1. The molecule has 1 amide bonds. The van der Waals surface area contributed by atoms with Crippen molar-refractivity contribution in [1.82, 2.24) is 15.5 Å². The number of benzene rings is 1. The summed E-state index contributed by atoms with van der Waals surface area (Å²) in [6.07, 6.45) is 1.67. The maximum atomic E-state index is 13.2. The molecular weight excluding hydrogens is 349 g/mol. The van der Waals surface area contributed by atoms with Gasteiger partial charge in [0, 0.05) is 31.7 Å². The van der Waals surface area contributed by atoms with Gasteiger partial charge in [0.25, 0.3) is 0 Å². The molecule has 150 valence electrons. The summed E-state index contributed by atoms with van der Waals surface area (Å²) >= 11 is 0. The number of likely N-dealkylation sites (tertiary alicyclic amines) is 1. The van der Waals surface area contributed by atoms with Gasteiger partial charge in [0.1, 0.15) is 17.7 Å². The quantitative estimate of drug-likeness (QED) is 0.465. The molecule has 2 rings (SSSR count). The third-order valence-corrected chi connectivity index (χ3v) is 4.29. The van der Waals surface area contributed by atoms with Gasteiger partial charge < -0.3 is 21.1 Å². The number of nitrogens with zero attached hydrogens (tertiary/aromatic N) is 2. The zero-order valence-electron chi connectivity index (χ0n) is 16.1. The summed E-state index contributed by atoms with van der Waals surface area (Å²) in [5, 5.41) is 6.68. The van der Waals surface area contributed by atoms with Crippen LogP contribution in [0.1, 0.15) is 26.7 Å². The van der Waals surface area contributed by atoms with E-state index in [4.69, 9.17) is 10.5 Å². The number of nitrogens with two attached hydrogens (primary N) is 1. The summed E-state index contributed by atoms with van der Waals surface area (Å²) in [6.45, 7) is 7.10. The van der Waals surface area contributed by atoms with Gasteiger partial charge in [0.05, 0.1) is 13.1 Å². The first-order valence-electron chi connectivity index (χ1n) is 9.44. The average molecular weight is 379 g/mol. The van der Waals surface area contributed by atoms with E-state index in [1.54, 1.807) is 12.1 Å². The van der Waals surface area contributed by atoms with E-state index in [1.165, 1.54) is 12.1 Å². The van der Waals surface area contributed by atoms with Gasteiger partial charge in [-0.3, -0.25) is 9.69 Å². The number of ether oxygens (including phenoxy) is 1. The molecule has 0 aliphatic carbocycles. The molecule has 0 radical (unpaired) electrons. The number of amides is 1. The fraction of sp³-hybridized carbons (Fsp3) is 0.579.